The molecule has 37 heavy (non-hydrogen) atoms. The molecule has 2 aromatic rings. The molecule has 4 N–H and O–H groups in total. The van der Waals surface area contributed by atoms with Gasteiger partial charge in [-0.05, 0) is 99.7 Å². The van der Waals surface area contributed by atoms with Gasteiger partial charge in [-0.2, -0.15) is 4.39 Å². The molecule has 0 saturated heterocycles. The van der Waals surface area contributed by atoms with Crippen molar-refractivity contribution in [3.05, 3.63) is 54.4 Å². The van der Waals surface area contributed by atoms with E-state index in [1.807, 2.05) is 26.8 Å². The van der Waals surface area contributed by atoms with Crippen molar-refractivity contribution in [1.29, 1.82) is 0 Å². The van der Waals surface area contributed by atoms with Crippen LogP contribution in [0.15, 0.2) is 47.9 Å². The van der Waals surface area contributed by atoms with Gasteiger partial charge in [-0.1, -0.05) is 6.92 Å². The van der Waals surface area contributed by atoms with Gasteiger partial charge >= 0.3 is 0 Å². The number of aryl methyl sites for hydroxylation is 1. The standard InChI is InChI=1S/C28H35FN6O2/c1-4-17-12-14-31-15-21(17)20-9-10-23(33-26(20)29)34-28(37)25(24(18-5-6-18)19-7-8-19)35-27(36)22(11-13-30)32-16(2)3/h9-16,18-19,24-25H,4-8,30H2,1-3H3,(H,35,36)(H,33,34,37)/b13-11-,32-22?. The summed E-state index contributed by atoms with van der Waals surface area (Å²) in [6, 6.07) is 4.12. The Bertz CT molecular complexity index is 1190. The summed E-state index contributed by atoms with van der Waals surface area (Å²) in [6.45, 7) is 5.71. The van der Waals surface area contributed by atoms with Crippen molar-refractivity contribution in [1.82, 2.24) is 15.3 Å². The van der Waals surface area contributed by atoms with Gasteiger partial charge in [0, 0.05) is 29.6 Å². The van der Waals surface area contributed by atoms with Crippen molar-refractivity contribution >= 4 is 23.3 Å². The van der Waals surface area contributed by atoms with Crippen molar-refractivity contribution in [3.63, 3.8) is 0 Å². The second-order valence-electron chi connectivity index (χ2n) is 10.1. The maximum absolute atomic E-state index is 15.1. The van der Waals surface area contributed by atoms with E-state index in [2.05, 4.69) is 25.6 Å². The van der Waals surface area contributed by atoms with E-state index in [1.54, 1.807) is 24.5 Å². The van der Waals surface area contributed by atoms with Gasteiger partial charge in [-0.15, -0.1) is 0 Å². The second kappa shape index (κ2) is 11.6. The molecule has 2 saturated carbocycles. The number of rotatable bonds is 11. The number of nitrogens with zero attached hydrogens (tertiary/aromatic N) is 3. The van der Waals surface area contributed by atoms with Crippen molar-refractivity contribution in [3.8, 4) is 11.1 Å². The minimum atomic E-state index is -0.786. The Kier molecular flexibility index (Phi) is 8.31. The number of carbonyl (C=O) groups is 2. The molecule has 1 unspecified atom stereocenters. The molecule has 2 aliphatic rings. The van der Waals surface area contributed by atoms with Crippen molar-refractivity contribution < 1.29 is 14.0 Å². The molecule has 0 spiro atoms. The van der Waals surface area contributed by atoms with Crippen LogP contribution < -0.4 is 16.4 Å². The van der Waals surface area contributed by atoms with E-state index in [1.165, 1.54) is 12.3 Å². The average Bonchev–Trinajstić information content (AvgIpc) is 3.79. The van der Waals surface area contributed by atoms with Crippen LogP contribution in [0.5, 0.6) is 0 Å². The summed E-state index contributed by atoms with van der Waals surface area (Å²) in [5.41, 5.74) is 7.65. The highest BCUT2D eigenvalue weighted by Gasteiger charge is 2.48. The van der Waals surface area contributed by atoms with Crippen molar-refractivity contribution in [2.45, 2.75) is 65.0 Å². The van der Waals surface area contributed by atoms with Crippen LogP contribution in [0.3, 0.4) is 0 Å². The van der Waals surface area contributed by atoms with Crippen LogP contribution in [0.4, 0.5) is 10.2 Å². The fourth-order valence-electron chi connectivity index (χ4n) is 4.87. The van der Waals surface area contributed by atoms with E-state index in [0.29, 0.717) is 23.0 Å². The number of nitrogens with one attached hydrogen (secondary N) is 2. The number of aromatic nitrogens is 2. The molecule has 0 aromatic carbocycles. The molecular weight excluding hydrogens is 471 g/mol. The molecule has 2 aliphatic carbocycles. The van der Waals surface area contributed by atoms with Crippen LogP contribution in [0.25, 0.3) is 11.1 Å². The predicted molar refractivity (Wildman–Crippen MR) is 142 cm³/mol. The topological polar surface area (TPSA) is 122 Å². The molecule has 4 rings (SSSR count). The average molecular weight is 507 g/mol. The number of aliphatic imine (C=N–C) groups is 1. The molecule has 0 bridgehead atoms. The maximum Gasteiger partial charge on any atom is 0.270 e. The normalized spacial score (nSPS) is 16.9. The van der Waals surface area contributed by atoms with Crippen molar-refractivity contribution in [2.24, 2.45) is 28.5 Å². The number of hydrogen-bond acceptors (Lipinski definition) is 6. The third kappa shape index (κ3) is 6.58. The molecule has 8 nitrogen and oxygen atoms in total. The van der Waals surface area contributed by atoms with E-state index in [9.17, 15) is 9.59 Å². The smallest absolute Gasteiger partial charge is 0.270 e. The Morgan fingerprint density at radius 2 is 1.86 bits per heavy atom. The lowest BCUT2D eigenvalue weighted by Crippen LogP contribution is -2.51. The number of carbonyl (C=O) groups excluding carboxylic acids is 2. The molecule has 2 aromatic heterocycles. The fourth-order valence-corrected chi connectivity index (χ4v) is 4.87. The lowest BCUT2D eigenvalue weighted by molar-refractivity contribution is -0.124. The summed E-state index contributed by atoms with van der Waals surface area (Å²) in [5, 5.41) is 5.67. The lowest BCUT2D eigenvalue weighted by atomic mass is 9.88. The molecule has 196 valence electrons. The van der Waals surface area contributed by atoms with E-state index >= 15 is 4.39 Å². The molecule has 2 amide bonds. The van der Waals surface area contributed by atoms with Crippen LogP contribution in [0.2, 0.25) is 0 Å². The van der Waals surface area contributed by atoms with Gasteiger partial charge in [-0.25, -0.2) is 4.98 Å². The molecule has 1 atom stereocenters. The Morgan fingerprint density at radius 3 is 2.43 bits per heavy atom. The summed E-state index contributed by atoms with van der Waals surface area (Å²) >= 11 is 0. The molecule has 9 heteroatoms. The predicted octanol–water partition coefficient (Wildman–Crippen LogP) is 4.03. The monoisotopic (exact) mass is 506 g/mol. The number of halogens is 1. The zero-order valence-corrected chi connectivity index (χ0v) is 21.6. The highest BCUT2D eigenvalue weighted by atomic mass is 19.1. The van der Waals surface area contributed by atoms with Gasteiger partial charge in [-0.3, -0.25) is 19.6 Å². The van der Waals surface area contributed by atoms with Crippen LogP contribution >= 0.6 is 0 Å². The van der Waals surface area contributed by atoms with Crippen molar-refractivity contribution in [2.75, 3.05) is 5.32 Å². The summed E-state index contributed by atoms with van der Waals surface area (Å²) in [6.07, 6.45) is 10.8. The first kappa shape index (κ1) is 26.4. The maximum atomic E-state index is 15.1. The summed E-state index contributed by atoms with van der Waals surface area (Å²) in [7, 11) is 0. The molecule has 2 heterocycles. The van der Waals surface area contributed by atoms with Gasteiger partial charge < -0.3 is 16.4 Å². The summed E-state index contributed by atoms with van der Waals surface area (Å²) in [5.74, 6) is -0.698. The van der Waals surface area contributed by atoms with Gasteiger partial charge in [0.15, 0.2) is 0 Å². The zero-order chi connectivity index (χ0) is 26.5. The van der Waals surface area contributed by atoms with Gasteiger partial charge in [0.1, 0.15) is 17.6 Å². The van der Waals surface area contributed by atoms with E-state index in [0.717, 1.165) is 37.7 Å². The van der Waals surface area contributed by atoms with Gasteiger partial charge in [0.25, 0.3) is 5.91 Å². The van der Waals surface area contributed by atoms with Crippen LogP contribution in [-0.2, 0) is 16.0 Å². The first-order valence-electron chi connectivity index (χ1n) is 13.0. The third-order valence-corrected chi connectivity index (χ3v) is 6.85. The SMILES string of the molecule is CCc1ccncc1-c1ccc(NC(=O)C(NC(=O)C(/C=C\N)=NC(C)C)C(C2CC2)C2CC2)nc1F. The quantitative estimate of drug-likeness (QED) is 0.314. The molecule has 0 aliphatic heterocycles. The summed E-state index contributed by atoms with van der Waals surface area (Å²) in [4.78, 5) is 39.2. The fraction of sp³-hybridized carbons (Fsp3) is 0.464. The molecule has 0 radical (unpaired) electrons. The number of pyridine rings is 2. The van der Waals surface area contributed by atoms with Gasteiger partial charge in [0.2, 0.25) is 11.9 Å². The first-order valence-corrected chi connectivity index (χ1v) is 13.0. The highest BCUT2D eigenvalue weighted by Crippen LogP contribution is 2.50. The van der Waals surface area contributed by atoms with Crippen LogP contribution in [-0.4, -0.2) is 39.6 Å². The lowest BCUT2D eigenvalue weighted by Gasteiger charge is -2.27. The van der Waals surface area contributed by atoms with Crippen LogP contribution in [0.1, 0.15) is 52.0 Å². The largest absolute Gasteiger partial charge is 0.405 e. The van der Waals surface area contributed by atoms with E-state index < -0.39 is 23.8 Å². The van der Waals surface area contributed by atoms with Crippen LogP contribution in [0, 0.1) is 23.7 Å². The van der Waals surface area contributed by atoms with E-state index in [4.69, 9.17) is 5.73 Å². The number of hydrogen-bond donors (Lipinski definition) is 3. The minimum Gasteiger partial charge on any atom is -0.405 e. The Labute approximate surface area is 217 Å². The molecular formula is C28H35FN6O2. The minimum absolute atomic E-state index is 0.0118. The summed E-state index contributed by atoms with van der Waals surface area (Å²) < 4.78 is 15.1. The van der Waals surface area contributed by atoms with Gasteiger partial charge in [0.05, 0.1) is 0 Å². The highest BCUT2D eigenvalue weighted by molar-refractivity contribution is 6.43. The molecule has 2 fully saturated rings. The Morgan fingerprint density at radius 1 is 1.16 bits per heavy atom. The first-order chi connectivity index (χ1) is 17.8. The Hall–Kier alpha value is -3.62. The number of amides is 2. The second-order valence-corrected chi connectivity index (χ2v) is 10.1. The number of nitrogens with two attached hydrogens (primary N) is 1. The zero-order valence-electron chi connectivity index (χ0n) is 21.6. The Balaban J connectivity index is 1.57. The third-order valence-electron chi connectivity index (χ3n) is 6.85. The number of anilines is 1. The van der Waals surface area contributed by atoms with E-state index in [-0.39, 0.29) is 23.5 Å².